The third-order valence-corrected chi connectivity index (χ3v) is 2.36. The van der Waals surface area contributed by atoms with Crippen molar-refractivity contribution in [1.82, 2.24) is 0 Å². The molecular weight excluding hydrogens is 173 g/mol. The highest BCUT2D eigenvalue weighted by molar-refractivity contribution is 5.43. The van der Waals surface area contributed by atoms with Gasteiger partial charge in [-0.05, 0) is 36.5 Å². The van der Waals surface area contributed by atoms with E-state index < -0.39 is 16.4 Å². The predicted octanol–water partition coefficient (Wildman–Crippen LogP) is 2.22. The summed E-state index contributed by atoms with van der Waals surface area (Å²) in [6.45, 7) is 0. The molecule has 0 amide bonds. The summed E-state index contributed by atoms with van der Waals surface area (Å²) in [5.41, 5.74) is 1.44. The van der Waals surface area contributed by atoms with Crippen molar-refractivity contribution in [3.8, 4) is 0 Å². The average molecular weight is 181 g/mol. The third kappa shape index (κ3) is 1.28. The fourth-order valence-electron chi connectivity index (χ4n) is 1.72. The standard InChI is InChI=1S/C9H8FNO2/c10-8-4-6-2-1-3-7(6)5-9(8)11(12)13/h4-5H,1-3H2. The maximum absolute atomic E-state index is 13.1. The van der Waals surface area contributed by atoms with Crippen LogP contribution in [-0.2, 0) is 12.8 Å². The lowest BCUT2D eigenvalue weighted by Crippen LogP contribution is -1.95. The number of fused-ring (bicyclic) bond motifs is 1. The second-order valence-corrected chi connectivity index (χ2v) is 3.18. The molecule has 0 aromatic heterocycles. The first kappa shape index (κ1) is 8.16. The van der Waals surface area contributed by atoms with Crippen molar-refractivity contribution in [2.75, 3.05) is 0 Å². The van der Waals surface area contributed by atoms with Gasteiger partial charge in [0, 0.05) is 6.07 Å². The van der Waals surface area contributed by atoms with Gasteiger partial charge in [0.25, 0.3) is 0 Å². The number of halogens is 1. The molecule has 0 fully saturated rings. The highest BCUT2D eigenvalue weighted by atomic mass is 19.1. The topological polar surface area (TPSA) is 43.1 Å². The van der Waals surface area contributed by atoms with Gasteiger partial charge in [0.15, 0.2) is 0 Å². The summed E-state index contributed by atoms with van der Waals surface area (Å²) in [5, 5.41) is 10.4. The minimum atomic E-state index is -0.717. The molecular formula is C9H8FNO2. The Labute approximate surface area is 74.3 Å². The van der Waals surface area contributed by atoms with Gasteiger partial charge in [-0.1, -0.05) is 0 Å². The molecule has 1 aromatic carbocycles. The first-order valence-corrected chi connectivity index (χ1v) is 4.14. The Balaban J connectivity index is 2.55. The Hall–Kier alpha value is -1.45. The van der Waals surface area contributed by atoms with Gasteiger partial charge in [0.1, 0.15) is 0 Å². The number of nitro groups is 1. The maximum atomic E-state index is 13.1. The van der Waals surface area contributed by atoms with Crippen LogP contribution in [0.5, 0.6) is 0 Å². The van der Waals surface area contributed by atoms with Gasteiger partial charge in [-0.25, -0.2) is 0 Å². The summed E-state index contributed by atoms with van der Waals surface area (Å²) in [6.07, 6.45) is 2.64. The molecule has 1 aliphatic rings. The van der Waals surface area contributed by atoms with E-state index in [4.69, 9.17) is 0 Å². The molecule has 0 atom stereocenters. The summed E-state index contributed by atoms with van der Waals surface area (Å²) < 4.78 is 13.1. The van der Waals surface area contributed by atoms with E-state index >= 15 is 0 Å². The van der Waals surface area contributed by atoms with Crippen LogP contribution in [0.15, 0.2) is 12.1 Å². The second kappa shape index (κ2) is 2.80. The number of hydrogen-bond donors (Lipinski definition) is 0. The van der Waals surface area contributed by atoms with Gasteiger partial charge in [-0.3, -0.25) is 10.1 Å². The largest absolute Gasteiger partial charge is 0.305 e. The van der Waals surface area contributed by atoms with Gasteiger partial charge >= 0.3 is 5.69 Å². The molecule has 0 bridgehead atoms. The molecule has 2 rings (SSSR count). The van der Waals surface area contributed by atoms with E-state index in [1.165, 1.54) is 12.1 Å². The fraction of sp³-hybridized carbons (Fsp3) is 0.333. The van der Waals surface area contributed by atoms with E-state index in [1.807, 2.05) is 0 Å². The highest BCUT2D eigenvalue weighted by Crippen LogP contribution is 2.28. The third-order valence-electron chi connectivity index (χ3n) is 2.36. The molecule has 4 heteroatoms. The molecule has 0 unspecified atom stereocenters. The van der Waals surface area contributed by atoms with Crippen molar-refractivity contribution in [3.05, 3.63) is 39.2 Å². The van der Waals surface area contributed by atoms with Crippen LogP contribution in [0.3, 0.4) is 0 Å². The fourth-order valence-corrected chi connectivity index (χ4v) is 1.72. The van der Waals surface area contributed by atoms with Gasteiger partial charge in [0.05, 0.1) is 4.92 Å². The maximum Gasteiger partial charge on any atom is 0.305 e. The molecule has 0 saturated carbocycles. The normalized spacial score (nSPS) is 14.2. The van der Waals surface area contributed by atoms with E-state index in [9.17, 15) is 14.5 Å². The van der Waals surface area contributed by atoms with E-state index in [0.717, 1.165) is 30.4 Å². The van der Waals surface area contributed by atoms with Crippen LogP contribution in [0.4, 0.5) is 10.1 Å². The van der Waals surface area contributed by atoms with Gasteiger partial charge in [0.2, 0.25) is 5.82 Å². The Morgan fingerprint density at radius 3 is 2.54 bits per heavy atom. The monoisotopic (exact) mass is 181 g/mol. The molecule has 0 N–H and O–H groups in total. The lowest BCUT2D eigenvalue weighted by molar-refractivity contribution is -0.387. The van der Waals surface area contributed by atoms with Crippen molar-refractivity contribution in [3.63, 3.8) is 0 Å². The van der Waals surface area contributed by atoms with Gasteiger partial charge in [-0.15, -0.1) is 0 Å². The highest BCUT2D eigenvalue weighted by Gasteiger charge is 2.20. The van der Waals surface area contributed by atoms with Crippen LogP contribution in [0.2, 0.25) is 0 Å². The molecule has 68 valence electrons. The summed E-state index contributed by atoms with van der Waals surface area (Å²) in [7, 11) is 0. The smallest absolute Gasteiger partial charge is 0.258 e. The van der Waals surface area contributed by atoms with E-state index in [2.05, 4.69) is 0 Å². The van der Waals surface area contributed by atoms with Crippen LogP contribution in [-0.4, -0.2) is 4.92 Å². The minimum absolute atomic E-state index is 0.402. The zero-order valence-corrected chi connectivity index (χ0v) is 6.92. The minimum Gasteiger partial charge on any atom is -0.258 e. The summed E-state index contributed by atoms with van der Waals surface area (Å²) in [6, 6.07) is 2.65. The lowest BCUT2D eigenvalue weighted by Gasteiger charge is -1.99. The van der Waals surface area contributed by atoms with Crippen LogP contribution in [0, 0.1) is 15.9 Å². The zero-order valence-electron chi connectivity index (χ0n) is 6.92. The van der Waals surface area contributed by atoms with Crippen LogP contribution in [0.1, 0.15) is 17.5 Å². The molecule has 0 saturated heterocycles. The van der Waals surface area contributed by atoms with Crippen molar-refractivity contribution >= 4 is 5.69 Å². The summed E-state index contributed by atoms with van der Waals surface area (Å²) >= 11 is 0. The molecule has 0 heterocycles. The van der Waals surface area contributed by atoms with E-state index in [-0.39, 0.29) is 0 Å². The van der Waals surface area contributed by atoms with Gasteiger partial charge in [-0.2, -0.15) is 4.39 Å². The Morgan fingerprint density at radius 1 is 1.31 bits per heavy atom. The van der Waals surface area contributed by atoms with Crippen molar-refractivity contribution < 1.29 is 9.31 Å². The Bertz CT molecular complexity index is 376. The number of nitrogens with zero attached hydrogens (tertiary/aromatic N) is 1. The number of benzene rings is 1. The number of nitro benzene ring substituents is 1. The van der Waals surface area contributed by atoms with E-state index in [0.29, 0.717) is 0 Å². The quantitative estimate of drug-likeness (QED) is 0.492. The average Bonchev–Trinajstić information content (AvgIpc) is 2.48. The van der Waals surface area contributed by atoms with Crippen LogP contribution < -0.4 is 0 Å². The molecule has 1 aliphatic carbocycles. The zero-order chi connectivity index (χ0) is 9.42. The SMILES string of the molecule is O=[N+]([O-])c1cc2c(cc1F)CCC2. The number of rotatable bonds is 1. The Morgan fingerprint density at radius 2 is 1.92 bits per heavy atom. The molecule has 1 aromatic rings. The second-order valence-electron chi connectivity index (χ2n) is 3.18. The Kier molecular flexibility index (Phi) is 1.76. The molecule has 13 heavy (non-hydrogen) atoms. The molecule has 0 aliphatic heterocycles. The summed E-state index contributed by atoms with van der Waals surface area (Å²) in [5.74, 6) is -0.717. The van der Waals surface area contributed by atoms with Crippen molar-refractivity contribution in [2.45, 2.75) is 19.3 Å². The lowest BCUT2D eigenvalue weighted by atomic mass is 10.1. The first-order chi connectivity index (χ1) is 6.18. The van der Waals surface area contributed by atoms with Crippen molar-refractivity contribution in [2.24, 2.45) is 0 Å². The number of hydrogen-bond acceptors (Lipinski definition) is 2. The first-order valence-electron chi connectivity index (χ1n) is 4.14. The van der Waals surface area contributed by atoms with Crippen molar-refractivity contribution in [1.29, 1.82) is 0 Å². The predicted molar refractivity (Wildman–Crippen MR) is 45.1 cm³/mol. The molecule has 0 spiro atoms. The van der Waals surface area contributed by atoms with Crippen LogP contribution in [0.25, 0.3) is 0 Å². The molecule has 3 nitrogen and oxygen atoms in total. The molecule has 0 radical (unpaired) electrons. The number of aryl methyl sites for hydroxylation is 2. The van der Waals surface area contributed by atoms with Crippen LogP contribution >= 0.6 is 0 Å². The summed E-state index contributed by atoms with van der Waals surface area (Å²) in [4.78, 5) is 9.71. The van der Waals surface area contributed by atoms with Gasteiger partial charge < -0.3 is 0 Å². The van der Waals surface area contributed by atoms with E-state index in [1.54, 1.807) is 0 Å².